The molecule has 1 amide bonds. The number of rotatable bonds is 6. The molecule has 0 aliphatic rings. The molecular weight excluding hydrogens is 232 g/mol. The summed E-state index contributed by atoms with van der Waals surface area (Å²) in [6, 6.07) is 12.1. The van der Waals surface area contributed by atoms with Crippen molar-refractivity contribution in [2.24, 2.45) is 0 Å². The summed E-state index contributed by atoms with van der Waals surface area (Å²) >= 11 is 1.68. The Morgan fingerprint density at radius 3 is 2.76 bits per heavy atom. The molecule has 0 radical (unpaired) electrons. The van der Waals surface area contributed by atoms with E-state index in [1.165, 1.54) is 4.90 Å². The lowest BCUT2D eigenvalue weighted by Crippen LogP contribution is -2.27. The number of hydrogen-bond acceptors (Lipinski definition) is 3. The first kappa shape index (κ1) is 13.6. The Morgan fingerprint density at radius 2 is 2.12 bits per heavy atom. The largest absolute Gasteiger partial charge is 0.345 e. The second-order valence-electron chi connectivity index (χ2n) is 3.63. The van der Waals surface area contributed by atoms with Gasteiger partial charge in [0.1, 0.15) is 0 Å². The standard InChI is InChI=1S/C13H16N2OS/c1-15(10-5-9-14)13(16)8-11-17-12-6-3-2-4-7-12/h2-4,6-7H,5,8,10-11H2,1H3. The fraction of sp³-hybridized carbons (Fsp3) is 0.385. The lowest BCUT2D eigenvalue weighted by molar-refractivity contribution is -0.129. The molecule has 17 heavy (non-hydrogen) atoms. The maximum Gasteiger partial charge on any atom is 0.223 e. The summed E-state index contributed by atoms with van der Waals surface area (Å²) < 4.78 is 0. The third-order valence-electron chi connectivity index (χ3n) is 2.31. The Balaban J connectivity index is 2.23. The molecule has 0 atom stereocenters. The van der Waals surface area contributed by atoms with E-state index < -0.39 is 0 Å². The summed E-state index contributed by atoms with van der Waals surface area (Å²) in [6.07, 6.45) is 0.912. The zero-order chi connectivity index (χ0) is 12.5. The van der Waals surface area contributed by atoms with E-state index in [-0.39, 0.29) is 5.91 Å². The number of carbonyl (C=O) groups is 1. The van der Waals surface area contributed by atoms with Gasteiger partial charge in [-0.2, -0.15) is 5.26 Å². The Bertz CT molecular complexity index is 386. The Morgan fingerprint density at radius 1 is 1.41 bits per heavy atom. The zero-order valence-electron chi connectivity index (χ0n) is 9.93. The number of nitrogens with zero attached hydrogens (tertiary/aromatic N) is 2. The molecule has 1 aromatic carbocycles. The highest BCUT2D eigenvalue weighted by Crippen LogP contribution is 2.17. The summed E-state index contributed by atoms with van der Waals surface area (Å²) in [4.78, 5) is 14.4. The molecular formula is C13H16N2OS. The van der Waals surface area contributed by atoms with Crippen LogP contribution in [0.2, 0.25) is 0 Å². The third kappa shape index (κ3) is 5.41. The molecule has 0 aliphatic carbocycles. The first-order valence-electron chi connectivity index (χ1n) is 5.53. The van der Waals surface area contributed by atoms with Crippen LogP contribution in [0.15, 0.2) is 35.2 Å². The molecule has 90 valence electrons. The van der Waals surface area contributed by atoms with Crippen molar-refractivity contribution in [1.82, 2.24) is 4.90 Å². The Hall–Kier alpha value is -1.47. The normalized spacial score (nSPS) is 9.65. The summed E-state index contributed by atoms with van der Waals surface area (Å²) in [7, 11) is 1.74. The van der Waals surface area contributed by atoms with Gasteiger partial charge in [0.05, 0.1) is 12.5 Å². The lowest BCUT2D eigenvalue weighted by Gasteiger charge is -2.14. The highest BCUT2D eigenvalue weighted by atomic mass is 32.2. The Kier molecular flexibility index (Phi) is 6.19. The predicted molar refractivity (Wildman–Crippen MR) is 69.7 cm³/mol. The van der Waals surface area contributed by atoms with Crippen molar-refractivity contribution in [3.8, 4) is 6.07 Å². The van der Waals surface area contributed by atoms with Crippen molar-refractivity contribution in [3.05, 3.63) is 30.3 Å². The van der Waals surface area contributed by atoms with Crippen molar-refractivity contribution < 1.29 is 4.79 Å². The first-order valence-corrected chi connectivity index (χ1v) is 6.51. The van der Waals surface area contributed by atoms with Crippen LogP contribution < -0.4 is 0 Å². The molecule has 3 nitrogen and oxygen atoms in total. The van der Waals surface area contributed by atoms with Crippen molar-refractivity contribution in [2.75, 3.05) is 19.3 Å². The summed E-state index contributed by atoms with van der Waals surface area (Å²) in [5, 5.41) is 8.43. The highest BCUT2D eigenvalue weighted by molar-refractivity contribution is 7.99. The smallest absolute Gasteiger partial charge is 0.223 e. The third-order valence-corrected chi connectivity index (χ3v) is 3.33. The van der Waals surface area contributed by atoms with Gasteiger partial charge in [-0.3, -0.25) is 4.79 Å². The van der Waals surface area contributed by atoms with Gasteiger partial charge in [0.2, 0.25) is 5.91 Å². The molecule has 0 N–H and O–H groups in total. The second kappa shape index (κ2) is 7.75. The van der Waals surface area contributed by atoms with Crippen LogP contribution in [0.3, 0.4) is 0 Å². The molecule has 1 aromatic rings. The van der Waals surface area contributed by atoms with Crippen LogP contribution >= 0.6 is 11.8 Å². The molecule has 1 rings (SSSR count). The van der Waals surface area contributed by atoms with Crippen LogP contribution in [0.4, 0.5) is 0 Å². The minimum absolute atomic E-state index is 0.101. The van der Waals surface area contributed by atoms with Gasteiger partial charge < -0.3 is 4.90 Å². The minimum atomic E-state index is 0.101. The molecule has 0 heterocycles. The quantitative estimate of drug-likeness (QED) is 0.727. The molecule has 0 spiro atoms. The zero-order valence-corrected chi connectivity index (χ0v) is 10.7. The van der Waals surface area contributed by atoms with Crippen LogP contribution in [0.5, 0.6) is 0 Å². The van der Waals surface area contributed by atoms with Gasteiger partial charge in [-0.1, -0.05) is 18.2 Å². The van der Waals surface area contributed by atoms with E-state index in [0.717, 1.165) is 5.75 Å². The van der Waals surface area contributed by atoms with E-state index in [1.54, 1.807) is 23.7 Å². The summed E-state index contributed by atoms with van der Waals surface area (Å²) in [5.41, 5.74) is 0. The highest BCUT2D eigenvalue weighted by Gasteiger charge is 2.07. The number of carbonyl (C=O) groups excluding carboxylic acids is 1. The van der Waals surface area contributed by atoms with Crippen molar-refractivity contribution in [2.45, 2.75) is 17.7 Å². The van der Waals surface area contributed by atoms with Gasteiger partial charge in [-0.05, 0) is 12.1 Å². The Labute approximate surface area is 106 Å². The van der Waals surface area contributed by atoms with Gasteiger partial charge in [-0.25, -0.2) is 0 Å². The van der Waals surface area contributed by atoms with Crippen molar-refractivity contribution >= 4 is 17.7 Å². The van der Waals surface area contributed by atoms with Crippen LogP contribution in [0.25, 0.3) is 0 Å². The van der Waals surface area contributed by atoms with Gasteiger partial charge in [0, 0.05) is 30.7 Å². The van der Waals surface area contributed by atoms with Crippen LogP contribution in [0.1, 0.15) is 12.8 Å². The van der Waals surface area contributed by atoms with Gasteiger partial charge in [0.15, 0.2) is 0 Å². The molecule has 0 saturated carbocycles. The van der Waals surface area contributed by atoms with E-state index in [0.29, 0.717) is 19.4 Å². The van der Waals surface area contributed by atoms with E-state index in [2.05, 4.69) is 0 Å². The van der Waals surface area contributed by atoms with Crippen molar-refractivity contribution in [1.29, 1.82) is 5.26 Å². The van der Waals surface area contributed by atoms with E-state index in [4.69, 9.17) is 5.26 Å². The maximum absolute atomic E-state index is 11.6. The minimum Gasteiger partial charge on any atom is -0.345 e. The fourth-order valence-corrected chi connectivity index (χ4v) is 2.17. The average molecular weight is 248 g/mol. The fourth-order valence-electron chi connectivity index (χ4n) is 1.31. The van der Waals surface area contributed by atoms with Crippen LogP contribution in [-0.2, 0) is 4.79 Å². The SMILES string of the molecule is CN(CCC#N)C(=O)CCSc1ccccc1. The van der Waals surface area contributed by atoms with Crippen LogP contribution in [-0.4, -0.2) is 30.2 Å². The summed E-state index contributed by atoms with van der Waals surface area (Å²) in [5.74, 6) is 0.878. The lowest BCUT2D eigenvalue weighted by atomic mass is 10.3. The number of hydrogen-bond donors (Lipinski definition) is 0. The van der Waals surface area contributed by atoms with E-state index >= 15 is 0 Å². The van der Waals surface area contributed by atoms with Gasteiger partial charge in [0.25, 0.3) is 0 Å². The monoisotopic (exact) mass is 248 g/mol. The topological polar surface area (TPSA) is 44.1 Å². The second-order valence-corrected chi connectivity index (χ2v) is 4.80. The molecule has 4 heteroatoms. The van der Waals surface area contributed by atoms with Crippen molar-refractivity contribution in [3.63, 3.8) is 0 Å². The molecule has 0 aliphatic heterocycles. The molecule has 0 aromatic heterocycles. The van der Waals surface area contributed by atoms with Gasteiger partial charge >= 0.3 is 0 Å². The number of benzene rings is 1. The number of nitriles is 1. The number of amides is 1. The summed E-state index contributed by atoms with van der Waals surface area (Å²) in [6.45, 7) is 0.519. The number of thioether (sulfide) groups is 1. The molecule has 0 unspecified atom stereocenters. The average Bonchev–Trinajstić information content (AvgIpc) is 2.37. The molecule has 0 fully saturated rings. The molecule has 0 saturated heterocycles. The molecule has 0 bridgehead atoms. The maximum atomic E-state index is 11.6. The van der Waals surface area contributed by atoms with Crippen LogP contribution in [0, 0.1) is 11.3 Å². The van der Waals surface area contributed by atoms with Gasteiger partial charge in [-0.15, -0.1) is 11.8 Å². The predicted octanol–water partition coefficient (Wildman–Crippen LogP) is 2.54. The first-order chi connectivity index (χ1) is 8.24. The van der Waals surface area contributed by atoms with E-state index in [1.807, 2.05) is 36.4 Å². The van der Waals surface area contributed by atoms with E-state index in [9.17, 15) is 4.79 Å².